The van der Waals surface area contributed by atoms with Crippen molar-refractivity contribution < 1.29 is 27.7 Å². The van der Waals surface area contributed by atoms with E-state index in [9.17, 15) is 28.1 Å². The summed E-state index contributed by atoms with van der Waals surface area (Å²) in [5.74, 6) is -1.64. The zero-order valence-electron chi connectivity index (χ0n) is 16.3. The number of sulfonamides is 1. The van der Waals surface area contributed by atoms with Gasteiger partial charge in [-0.1, -0.05) is 6.07 Å². The normalized spacial score (nSPS) is 14.2. The number of nitro benzene ring substituents is 1. The summed E-state index contributed by atoms with van der Waals surface area (Å²) in [7, 11) is -3.64. The van der Waals surface area contributed by atoms with Gasteiger partial charge in [-0.05, 0) is 43.2 Å². The molecule has 0 aromatic heterocycles. The Hall–Kier alpha value is -3.51. The number of benzene rings is 2. The van der Waals surface area contributed by atoms with E-state index >= 15 is 0 Å². The summed E-state index contributed by atoms with van der Waals surface area (Å²) in [4.78, 5) is 34.4. The topological polar surface area (TPSA) is 162 Å². The highest BCUT2D eigenvalue weighted by Crippen LogP contribution is 2.24. The molecule has 0 unspecified atom stereocenters. The van der Waals surface area contributed by atoms with Gasteiger partial charge in [0.25, 0.3) is 11.6 Å². The summed E-state index contributed by atoms with van der Waals surface area (Å²) in [5, 5.41) is 13.4. The predicted octanol–water partition coefficient (Wildman–Crippen LogP) is 1.76. The van der Waals surface area contributed by atoms with Crippen molar-refractivity contribution in [1.29, 1.82) is 0 Å². The number of nitrogens with one attached hydrogen (secondary N) is 1. The van der Waals surface area contributed by atoms with Crippen LogP contribution in [0.3, 0.4) is 0 Å². The molecule has 0 radical (unpaired) electrons. The van der Waals surface area contributed by atoms with Crippen molar-refractivity contribution in [1.82, 2.24) is 4.31 Å². The van der Waals surface area contributed by atoms with Gasteiger partial charge in [0, 0.05) is 24.8 Å². The van der Waals surface area contributed by atoms with Crippen LogP contribution >= 0.6 is 0 Å². The van der Waals surface area contributed by atoms with Crippen molar-refractivity contribution in [3.05, 3.63) is 58.1 Å². The van der Waals surface area contributed by atoms with E-state index in [1.807, 2.05) is 0 Å². The predicted molar refractivity (Wildman–Crippen MR) is 111 cm³/mol. The van der Waals surface area contributed by atoms with Crippen LogP contribution < -0.4 is 11.1 Å². The van der Waals surface area contributed by atoms with Gasteiger partial charge in [-0.2, -0.15) is 4.31 Å². The lowest BCUT2D eigenvalue weighted by Gasteiger charge is -2.16. The van der Waals surface area contributed by atoms with Crippen LogP contribution in [-0.4, -0.2) is 49.2 Å². The van der Waals surface area contributed by atoms with E-state index in [2.05, 4.69) is 5.32 Å². The lowest BCUT2D eigenvalue weighted by Crippen LogP contribution is -2.28. The fourth-order valence-corrected chi connectivity index (χ4v) is 4.62. The Kier molecular flexibility index (Phi) is 6.51. The average molecular weight is 448 g/mol. The molecule has 11 nitrogen and oxygen atoms in total. The minimum atomic E-state index is -3.64. The summed E-state index contributed by atoms with van der Waals surface area (Å²) in [6, 6.07) is 9.18. The molecule has 164 valence electrons. The van der Waals surface area contributed by atoms with E-state index in [4.69, 9.17) is 10.5 Å². The van der Waals surface area contributed by atoms with E-state index < -0.39 is 39.1 Å². The first-order chi connectivity index (χ1) is 14.7. The number of hydrogen-bond donors (Lipinski definition) is 2. The second-order valence-corrected chi connectivity index (χ2v) is 8.73. The fraction of sp³-hybridized carbons (Fsp3) is 0.263. The molecule has 2 aromatic rings. The lowest BCUT2D eigenvalue weighted by atomic mass is 10.2. The highest BCUT2D eigenvalue weighted by atomic mass is 32.2. The number of nitrogens with two attached hydrogens (primary N) is 1. The number of rotatable bonds is 7. The molecule has 1 aliphatic rings. The maximum atomic E-state index is 12.6. The van der Waals surface area contributed by atoms with Crippen LogP contribution in [0, 0.1) is 10.1 Å². The first kappa shape index (κ1) is 22.2. The number of hydrogen-bond acceptors (Lipinski definition) is 8. The van der Waals surface area contributed by atoms with Crippen molar-refractivity contribution in [2.24, 2.45) is 0 Å². The van der Waals surface area contributed by atoms with Gasteiger partial charge in [0.05, 0.1) is 15.4 Å². The highest BCUT2D eigenvalue weighted by Gasteiger charge is 2.27. The van der Waals surface area contributed by atoms with E-state index in [0.29, 0.717) is 13.1 Å². The third-order valence-corrected chi connectivity index (χ3v) is 6.51. The van der Waals surface area contributed by atoms with Crippen LogP contribution in [0.4, 0.5) is 17.1 Å². The first-order valence-corrected chi connectivity index (χ1v) is 10.7. The molecule has 12 heteroatoms. The fourth-order valence-electron chi connectivity index (χ4n) is 3.05. The van der Waals surface area contributed by atoms with E-state index in [1.54, 1.807) is 0 Å². The molecule has 31 heavy (non-hydrogen) atoms. The van der Waals surface area contributed by atoms with E-state index in [-0.39, 0.29) is 21.8 Å². The minimum Gasteiger partial charge on any atom is -0.452 e. The Morgan fingerprint density at radius 3 is 2.55 bits per heavy atom. The summed E-state index contributed by atoms with van der Waals surface area (Å²) < 4.78 is 31.5. The van der Waals surface area contributed by atoms with Crippen LogP contribution in [0.2, 0.25) is 0 Å². The van der Waals surface area contributed by atoms with E-state index in [1.165, 1.54) is 40.7 Å². The molecule has 0 atom stereocenters. The SMILES string of the molecule is Nc1ccc(C(=O)OCC(=O)Nc2cccc(S(=O)(=O)N3CCCC3)c2)cc1[N+](=O)[O-]. The third kappa shape index (κ3) is 5.16. The van der Waals surface area contributed by atoms with Gasteiger partial charge in [0.15, 0.2) is 6.61 Å². The second kappa shape index (κ2) is 9.10. The minimum absolute atomic E-state index is 0.0541. The summed E-state index contributed by atoms with van der Waals surface area (Å²) in [6.45, 7) is 0.246. The van der Waals surface area contributed by atoms with Crippen molar-refractivity contribution in [2.45, 2.75) is 17.7 Å². The molecule has 3 rings (SSSR count). The van der Waals surface area contributed by atoms with Crippen molar-refractivity contribution >= 4 is 39.0 Å². The number of nitrogen functional groups attached to an aromatic ring is 1. The molecule has 0 saturated carbocycles. The smallest absolute Gasteiger partial charge is 0.338 e. The van der Waals surface area contributed by atoms with Gasteiger partial charge in [-0.15, -0.1) is 0 Å². The van der Waals surface area contributed by atoms with Crippen LogP contribution in [0.25, 0.3) is 0 Å². The number of carbonyl (C=O) groups excluding carboxylic acids is 2. The summed E-state index contributed by atoms with van der Waals surface area (Å²) in [5.41, 5.74) is 5.01. The zero-order valence-corrected chi connectivity index (χ0v) is 17.1. The quantitative estimate of drug-likeness (QED) is 0.280. The zero-order chi connectivity index (χ0) is 22.6. The Bertz CT molecular complexity index is 1130. The monoisotopic (exact) mass is 448 g/mol. The Morgan fingerprint density at radius 2 is 1.87 bits per heavy atom. The molecule has 0 spiro atoms. The summed E-state index contributed by atoms with van der Waals surface area (Å²) >= 11 is 0. The number of amides is 1. The average Bonchev–Trinajstić information content (AvgIpc) is 3.28. The molecule has 2 aromatic carbocycles. The number of carbonyl (C=O) groups is 2. The van der Waals surface area contributed by atoms with Crippen LogP contribution in [0.15, 0.2) is 47.4 Å². The number of nitro groups is 1. The van der Waals surface area contributed by atoms with E-state index in [0.717, 1.165) is 18.9 Å². The molecule has 1 amide bonds. The number of ether oxygens (including phenoxy) is 1. The highest BCUT2D eigenvalue weighted by molar-refractivity contribution is 7.89. The number of anilines is 2. The van der Waals surface area contributed by atoms with Crippen LogP contribution in [-0.2, 0) is 19.6 Å². The van der Waals surface area contributed by atoms with Crippen molar-refractivity contribution in [3.8, 4) is 0 Å². The Labute approximate surface area is 178 Å². The Balaban J connectivity index is 1.62. The molecular weight excluding hydrogens is 428 g/mol. The maximum Gasteiger partial charge on any atom is 0.338 e. The molecule has 1 saturated heterocycles. The largest absolute Gasteiger partial charge is 0.452 e. The van der Waals surface area contributed by atoms with Crippen molar-refractivity contribution in [2.75, 3.05) is 30.7 Å². The third-order valence-electron chi connectivity index (χ3n) is 4.62. The molecule has 1 fully saturated rings. The molecule has 1 aliphatic heterocycles. The van der Waals surface area contributed by atoms with Gasteiger partial charge < -0.3 is 15.8 Å². The second-order valence-electron chi connectivity index (χ2n) is 6.79. The Morgan fingerprint density at radius 1 is 1.16 bits per heavy atom. The van der Waals surface area contributed by atoms with Gasteiger partial charge in [0.2, 0.25) is 10.0 Å². The molecular formula is C19H20N4O7S. The number of nitrogens with zero attached hydrogens (tertiary/aromatic N) is 2. The maximum absolute atomic E-state index is 12.6. The first-order valence-electron chi connectivity index (χ1n) is 9.29. The van der Waals surface area contributed by atoms with Gasteiger partial charge >= 0.3 is 5.97 Å². The van der Waals surface area contributed by atoms with Crippen LogP contribution in [0.1, 0.15) is 23.2 Å². The van der Waals surface area contributed by atoms with Crippen molar-refractivity contribution in [3.63, 3.8) is 0 Å². The van der Waals surface area contributed by atoms with Gasteiger partial charge in [-0.3, -0.25) is 14.9 Å². The summed E-state index contributed by atoms with van der Waals surface area (Å²) in [6.07, 6.45) is 1.61. The van der Waals surface area contributed by atoms with Gasteiger partial charge in [-0.25, -0.2) is 13.2 Å². The number of esters is 1. The van der Waals surface area contributed by atoms with Gasteiger partial charge in [0.1, 0.15) is 5.69 Å². The molecule has 0 bridgehead atoms. The standard InChI is InChI=1S/C19H20N4O7S/c20-16-7-6-13(10-17(16)23(26)27)19(25)30-12-18(24)21-14-4-3-5-15(11-14)31(28,29)22-8-1-2-9-22/h3-7,10-11H,1-2,8-9,12,20H2,(H,21,24). The molecule has 0 aliphatic carbocycles. The molecule has 3 N–H and O–H groups in total. The lowest BCUT2D eigenvalue weighted by molar-refractivity contribution is -0.383. The van der Waals surface area contributed by atoms with Crippen LogP contribution in [0.5, 0.6) is 0 Å². The molecule has 1 heterocycles.